The van der Waals surface area contributed by atoms with E-state index in [0.29, 0.717) is 4.48 Å². The maximum absolute atomic E-state index is 10.6. The van der Waals surface area contributed by atoms with Crippen molar-refractivity contribution in [1.82, 2.24) is 10.4 Å². The Balaban J connectivity index is 2.89. The van der Waals surface area contributed by atoms with E-state index in [1.165, 1.54) is 5.01 Å². The first-order valence-corrected chi connectivity index (χ1v) is 4.10. The number of hydrazine groups is 1. The Bertz CT molecular complexity index is 241. The van der Waals surface area contributed by atoms with E-state index >= 15 is 0 Å². The van der Waals surface area contributed by atoms with E-state index in [-0.39, 0.29) is 18.3 Å². The lowest BCUT2D eigenvalue weighted by Gasteiger charge is -2.17. The minimum atomic E-state index is -1.04. The van der Waals surface area contributed by atoms with Crippen LogP contribution in [0.3, 0.4) is 0 Å². The van der Waals surface area contributed by atoms with Crippen molar-refractivity contribution in [3.05, 3.63) is 10.2 Å². The normalized spacial score (nSPS) is 24.4. The summed E-state index contributed by atoms with van der Waals surface area (Å²) < 4.78 is 0.472. The molecule has 1 aliphatic rings. The molecule has 3 N–H and O–H groups in total. The van der Waals surface area contributed by atoms with Crippen molar-refractivity contribution in [3.8, 4) is 0 Å². The zero-order chi connectivity index (χ0) is 9.30. The van der Waals surface area contributed by atoms with Gasteiger partial charge in [-0.25, -0.2) is 9.80 Å². The van der Waals surface area contributed by atoms with Crippen LogP contribution in [0.1, 0.15) is 0 Å². The van der Waals surface area contributed by atoms with Crippen molar-refractivity contribution >= 4 is 21.9 Å². The zero-order valence-corrected chi connectivity index (χ0v) is 8.00. The molecule has 68 valence electrons. The number of aliphatic hydroxyl groups is 1. The molecule has 0 saturated heterocycles. The fourth-order valence-electron chi connectivity index (χ4n) is 0.997. The smallest absolute Gasteiger partial charge is 0.354 e. The van der Waals surface area contributed by atoms with Crippen LogP contribution < -0.4 is 5.43 Å². The van der Waals surface area contributed by atoms with E-state index in [2.05, 4.69) is 21.4 Å². The molecule has 0 saturated carbocycles. The van der Waals surface area contributed by atoms with Crippen LogP contribution in [0, 0.1) is 0 Å². The molecule has 5 nitrogen and oxygen atoms in total. The summed E-state index contributed by atoms with van der Waals surface area (Å²) in [5.74, 6) is -1.04. The van der Waals surface area contributed by atoms with Crippen LogP contribution in [-0.4, -0.2) is 40.9 Å². The third kappa shape index (κ3) is 1.45. The van der Waals surface area contributed by atoms with Crippen LogP contribution in [0.25, 0.3) is 0 Å². The average molecular weight is 237 g/mol. The second-order valence-corrected chi connectivity index (χ2v) is 3.30. The van der Waals surface area contributed by atoms with Gasteiger partial charge in [0.05, 0.1) is 12.6 Å². The molecule has 1 unspecified atom stereocenters. The van der Waals surface area contributed by atoms with E-state index in [0.717, 1.165) is 0 Å². The number of halogens is 1. The van der Waals surface area contributed by atoms with E-state index in [4.69, 9.17) is 10.2 Å². The largest absolute Gasteiger partial charge is 0.477 e. The molecule has 1 heterocycles. The van der Waals surface area contributed by atoms with Gasteiger partial charge in [0.2, 0.25) is 0 Å². The highest BCUT2D eigenvalue weighted by Gasteiger charge is 2.31. The molecule has 6 heteroatoms. The quantitative estimate of drug-likeness (QED) is 0.603. The molecule has 0 bridgehead atoms. The Kier molecular flexibility index (Phi) is 2.71. The van der Waals surface area contributed by atoms with Crippen molar-refractivity contribution in [2.75, 3.05) is 13.7 Å². The molecule has 0 amide bonds. The highest BCUT2D eigenvalue weighted by atomic mass is 79.9. The molecule has 1 rings (SSSR count). The molecule has 0 aromatic rings. The fourth-order valence-corrected chi connectivity index (χ4v) is 1.71. The van der Waals surface area contributed by atoms with E-state index < -0.39 is 5.97 Å². The van der Waals surface area contributed by atoms with E-state index in [1.807, 2.05) is 0 Å². The lowest BCUT2D eigenvalue weighted by Crippen LogP contribution is -2.38. The summed E-state index contributed by atoms with van der Waals surface area (Å²) in [7, 11) is 1.66. The summed E-state index contributed by atoms with van der Waals surface area (Å²) >= 11 is 3.11. The molecule has 1 aliphatic heterocycles. The van der Waals surface area contributed by atoms with Gasteiger partial charge in [0.1, 0.15) is 5.70 Å². The number of carboxylic acids is 1. The SMILES string of the molecule is CN1NC(C(=O)O)=C(Br)C1CO. The number of nitrogens with one attached hydrogen (secondary N) is 1. The number of carboxylic acid groups (broad SMARTS) is 1. The number of aliphatic hydroxyl groups excluding tert-OH is 1. The number of rotatable bonds is 2. The first kappa shape index (κ1) is 9.50. The standard InChI is InChI=1S/C6H9BrN2O3/c1-9-3(2-10)4(7)5(8-9)6(11)12/h3,8,10H,2H2,1H3,(H,11,12). The summed E-state index contributed by atoms with van der Waals surface area (Å²) in [6.45, 7) is -0.124. The molecule has 0 fully saturated rings. The van der Waals surface area contributed by atoms with Gasteiger partial charge in [-0.05, 0) is 0 Å². The molecule has 0 spiro atoms. The van der Waals surface area contributed by atoms with Crippen LogP contribution in [0.2, 0.25) is 0 Å². The molecule has 0 radical (unpaired) electrons. The summed E-state index contributed by atoms with van der Waals surface area (Å²) in [4.78, 5) is 10.6. The Labute approximate surface area is 77.8 Å². The molecule has 0 aromatic heterocycles. The predicted octanol–water partition coefficient (Wildman–Crippen LogP) is -0.512. The van der Waals surface area contributed by atoms with E-state index in [9.17, 15) is 4.79 Å². The molecule has 1 atom stereocenters. The maximum atomic E-state index is 10.6. The average Bonchev–Trinajstić information content (AvgIpc) is 2.27. The van der Waals surface area contributed by atoms with Crippen LogP contribution in [0.4, 0.5) is 0 Å². The van der Waals surface area contributed by atoms with Crippen molar-refractivity contribution in [1.29, 1.82) is 0 Å². The van der Waals surface area contributed by atoms with Gasteiger partial charge in [-0.2, -0.15) is 0 Å². The molecular formula is C6H9BrN2O3. The molecule has 12 heavy (non-hydrogen) atoms. The topological polar surface area (TPSA) is 72.8 Å². The van der Waals surface area contributed by atoms with E-state index in [1.54, 1.807) is 7.05 Å². The maximum Gasteiger partial charge on any atom is 0.354 e. The summed E-state index contributed by atoms with van der Waals surface area (Å²) in [6, 6.07) is -0.309. The van der Waals surface area contributed by atoms with Gasteiger partial charge >= 0.3 is 5.97 Å². The minimum absolute atomic E-state index is 0.0801. The Morgan fingerprint density at radius 3 is 2.67 bits per heavy atom. The Morgan fingerprint density at radius 2 is 2.42 bits per heavy atom. The van der Waals surface area contributed by atoms with Gasteiger partial charge in [-0.1, -0.05) is 15.9 Å². The first-order valence-electron chi connectivity index (χ1n) is 3.31. The number of likely N-dealkylation sites (N-methyl/N-ethyl adjacent to an activating group) is 1. The predicted molar refractivity (Wildman–Crippen MR) is 45.4 cm³/mol. The Morgan fingerprint density at radius 1 is 1.83 bits per heavy atom. The molecule has 0 aromatic carbocycles. The number of hydrogen-bond acceptors (Lipinski definition) is 4. The van der Waals surface area contributed by atoms with Crippen molar-refractivity contribution in [3.63, 3.8) is 0 Å². The summed E-state index contributed by atoms with van der Waals surface area (Å²) in [5, 5.41) is 19.1. The highest BCUT2D eigenvalue weighted by molar-refractivity contribution is 9.11. The van der Waals surface area contributed by atoms with Gasteiger partial charge in [0, 0.05) is 11.5 Å². The van der Waals surface area contributed by atoms with Gasteiger partial charge in [-0.15, -0.1) is 0 Å². The Hall–Kier alpha value is -0.590. The number of aliphatic carboxylic acids is 1. The van der Waals surface area contributed by atoms with Crippen molar-refractivity contribution in [2.45, 2.75) is 6.04 Å². The number of hydrogen-bond donors (Lipinski definition) is 3. The minimum Gasteiger partial charge on any atom is -0.477 e. The third-order valence-electron chi connectivity index (χ3n) is 1.67. The fraction of sp³-hybridized carbons (Fsp3) is 0.500. The number of carbonyl (C=O) groups is 1. The highest BCUT2D eigenvalue weighted by Crippen LogP contribution is 2.24. The van der Waals surface area contributed by atoms with Crippen LogP contribution in [-0.2, 0) is 4.79 Å². The lowest BCUT2D eigenvalue weighted by molar-refractivity contribution is -0.133. The van der Waals surface area contributed by atoms with Gasteiger partial charge in [0.25, 0.3) is 0 Å². The van der Waals surface area contributed by atoms with Crippen molar-refractivity contribution in [2.24, 2.45) is 0 Å². The summed E-state index contributed by atoms with van der Waals surface area (Å²) in [5.41, 5.74) is 2.69. The third-order valence-corrected chi connectivity index (χ3v) is 2.60. The first-order chi connectivity index (χ1) is 5.57. The molecule has 0 aliphatic carbocycles. The van der Waals surface area contributed by atoms with Crippen molar-refractivity contribution < 1.29 is 15.0 Å². The summed E-state index contributed by atoms with van der Waals surface area (Å²) in [6.07, 6.45) is 0. The lowest BCUT2D eigenvalue weighted by atomic mass is 10.3. The zero-order valence-electron chi connectivity index (χ0n) is 6.41. The second kappa shape index (κ2) is 3.42. The van der Waals surface area contributed by atoms with Crippen LogP contribution >= 0.6 is 15.9 Å². The van der Waals surface area contributed by atoms with Gasteiger partial charge < -0.3 is 15.6 Å². The van der Waals surface area contributed by atoms with Gasteiger partial charge in [0.15, 0.2) is 0 Å². The monoisotopic (exact) mass is 236 g/mol. The number of nitrogens with zero attached hydrogens (tertiary/aromatic N) is 1. The second-order valence-electron chi connectivity index (χ2n) is 2.45. The van der Waals surface area contributed by atoms with Crippen LogP contribution in [0.15, 0.2) is 10.2 Å². The van der Waals surface area contributed by atoms with Crippen LogP contribution in [0.5, 0.6) is 0 Å². The molecular weight excluding hydrogens is 228 g/mol. The van der Waals surface area contributed by atoms with Gasteiger partial charge in [-0.3, -0.25) is 0 Å².